The van der Waals surface area contributed by atoms with Crippen molar-refractivity contribution in [1.82, 2.24) is 4.90 Å². The Kier molecular flexibility index (Phi) is 2.74. The summed E-state index contributed by atoms with van der Waals surface area (Å²) in [6.07, 6.45) is 4.53. The van der Waals surface area contributed by atoms with E-state index < -0.39 is 0 Å². The van der Waals surface area contributed by atoms with Gasteiger partial charge in [0, 0.05) is 30.8 Å². The lowest BCUT2D eigenvalue weighted by Gasteiger charge is -2.25. The molecular formula is C13H15NO2S. The molecule has 0 bridgehead atoms. The van der Waals surface area contributed by atoms with Crippen molar-refractivity contribution in [3.05, 3.63) is 21.4 Å². The monoisotopic (exact) mass is 249 g/mol. The van der Waals surface area contributed by atoms with Crippen molar-refractivity contribution >= 4 is 23.0 Å². The molecule has 1 aliphatic carbocycles. The first kappa shape index (κ1) is 11.0. The molecule has 17 heavy (non-hydrogen) atoms. The third-order valence-corrected chi connectivity index (χ3v) is 4.79. The Hall–Kier alpha value is -1.16. The summed E-state index contributed by atoms with van der Waals surface area (Å²) < 4.78 is 0. The molecule has 0 radical (unpaired) electrons. The molecule has 0 N–H and O–H groups in total. The number of carbonyl (C=O) groups is 2. The van der Waals surface area contributed by atoms with Gasteiger partial charge in [-0.15, -0.1) is 11.3 Å². The van der Waals surface area contributed by atoms with Gasteiger partial charge in [-0.25, -0.2) is 0 Å². The average molecular weight is 249 g/mol. The van der Waals surface area contributed by atoms with Gasteiger partial charge in [-0.05, 0) is 30.9 Å². The number of piperidine rings is 1. The zero-order valence-corrected chi connectivity index (χ0v) is 10.5. The van der Waals surface area contributed by atoms with Crippen molar-refractivity contribution < 1.29 is 9.59 Å². The highest BCUT2D eigenvalue weighted by molar-refractivity contribution is 7.14. The van der Waals surface area contributed by atoms with E-state index in [4.69, 9.17) is 0 Å². The van der Waals surface area contributed by atoms with Gasteiger partial charge in [-0.2, -0.15) is 0 Å². The lowest BCUT2D eigenvalue weighted by molar-refractivity contribution is -0.120. The Labute approximate surface area is 104 Å². The number of carbonyl (C=O) groups excluding carboxylic acids is 2. The molecule has 1 aromatic rings. The molecule has 0 atom stereocenters. The highest BCUT2D eigenvalue weighted by Gasteiger charge is 2.25. The molecule has 0 saturated carbocycles. The molecule has 3 rings (SSSR count). The predicted octanol–water partition coefficient (Wildman–Crippen LogP) is 2.04. The second kappa shape index (κ2) is 4.26. The van der Waals surface area contributed by atoms with E-state index in [-0.39, 0.29) is 11.7 Å². The van der Waals surface area contributed by atoms with Gasteiger partial charge in [-0.3, -0.25) is 9.59 Å². The summed E-state index contributed by atoms with van der Waals surface area (Å²) in [4.78, 5) is 27.5. The zero-order valence-electron chi connectivity index (χ0n) is 9.70. The molecule has 0 spiro atoms. The molecule has 2 aliphatic rings. The smallest absolute Gasteiger partial charge is 0.263 e. The molecule has 1 aromatic heterocycles. The van der Waals surface area contributed by atoms with Crippen LogP contribution in [0.3, 0.4) is 0 Å². The summed E-state index contributed by atoms with van der Waals surface area (Å²) in [5.74, 6) is 0.402. The number of aryl methyl sites for hydroxylation is 2. The second-order valence-corrected chi connectivity index (χ2v) is 5.88. The minimum atomic E-state index is 0.122. The van der Waals surface area contributed by atoms with Crippen molar-refractivity contribution in [1.29, 1.82) is 0 Å². The molecule has 1 saturated heterocycles. The molecule has 1 fully saturated rings. The highest BCUT2D eigenvalue weighted by atomic mass is 32.1. The standard InChI is InChI=1S/C13H15NO2S/c15-10-4-6-14(7-5-10)13(16)12-8-9-2-1-3-11(9)17-12/h8H,1-7H2. The Morgan fingerprint density at radius 1 is 1.18 bits per heavy atom. The maximum Gasteiger partial charge on any atom is 0.263 e. The van der Waals surface area contributed by atoms with Gasteiger partial charge < -0.3 is 4.90 Å². The fourth-order valence-electron chi connectivity index (χ4n) is 2.55. The Morgan fingerprint density at radius 2 is 1.94 bits per heavy atom. The van der Waals surface area contributed by atoms with Crippen molar-refractivity contribution in [2.75, 3.05) is 13.1 Å². The first-order chi connectivity index (χ1) is 8.24. The summed E-state index contributed by atoms with van der Waals surface area (Å²) in [7, 11) is 0. The summed E-state index contributed by atoms with van der Waals surface area (Å²) in [5.41, 5.74) is 1.37. The second-order valence-electron chi connectivity index (χ2n) is 4.74. The fourth-order valence-corrected chi connectivity index (χ4v) is 3.77. The minimum absolute atomic E-state index is 0.122. The van der Waals surface area contributed by atoms with E-state index in [1.54, 1.807) is 11.3 Å². The first-order valence-corrected chi connectivity index (χ1v) is 6.98. The predicted molar refractivity (Wildman–Crippen MR) is 66.5 cm³/mol. The molecular weight excluding hydrogens is 234 g/mol. The van der Waals surface area contributed by atoms with Crippen molar-refractivity contribution in [2.24, 2.45) is 0 Å². The summed E-state index contributed by atoms with van der Waals surface area (Å²) in [5, 5.41) is 0. The van der Waals surface area contributed by atoms with Gasteiger partial charge in [0.15, 0.2) is 0 Å². The molecule has 3 nitrogen and oxygen atoms in total. The number of Topliss-reactive ketones (excluding diaryl/α,β-unsaturated/α-hetero) is 1. The van der Waals surface area contributed by atoms with E-state index in [0.717, 1.165) is 17.7 Å². The zero-order chi connectivity index (χ0) is 11.8. The largest absolute Gasteiger partial charge is 0.337 e. The molecule has 0 unspecified atom stereocenters. The van der Waals surface area contributed by atoms with Crippen LogP contribution in [-0.2, 0) is 17.6 Å². The quantitative estimate of drug-likeness (QED) is 0.764. The van der Waals surface area contributed by atoms with E-state index in [2.05, 4.69) is 6.07 Å². The molecule has 90 valence electrons. The third kappa shape index (κ3) is 2.02. The molecule has 0 aromatic carbocycles. The fraction of sp³-hybridized carbons (Fsp3) is 0.538. The van der Waals surface area contributed by atoms with Crippen molar-refractivity contribution in [3.63, 3.8) is 0 Å². The SMILES string of the molecule is O=C1CCN(C(=O)c2cc3c(s2)CCC3)CC1. The summed E-state index contributed by atoms with van der Waals surface area (Å²) >= 11 is 1.65. The van der Waals surface area contributed by atoms with Crippen molar-refractivity contribution in [2.45, 2.75) is 32.1 Å². The van der Waals surface area contributed by atoms with Gasteiger partial charge in [-0.1, -0.05) is 0 Å². The molecule has 1 aliphatic heterocycles. The minimum Gasteiger partial charge on any atom is -0.337 e. The van der Waals surface area contributed by atoms with Crippen LogP contribution in [0.4, 0.5) is 0 Å². The van der Waals surface area contributed by atoms with E-state index in [9.17, 15) is 9.59 Å². The number of rotatable bonds is 1. The summed E-state index contributed by atoms with van der Waals surface area (Å²) in [6.45, 7) is 1.19. The topological polar surface area (TPSA) is 37.4 Å². The van der Waals surface area contributed by atoms with Gasteiger partial charge in [0.25, 0.3) is 5.91 Å². The van der Waals surface area contributed by atoms with Crippen LogP contribution in [0, 0.1) is 0 Å². The van der Waals surface area contributed by atoms with Crippen LogP contribution in [0.5, 0.6) is 0 Å². The van der Waals surface area contributed by atoms with Crippen LogP contribution in [0.1, 0.15) is 39.4 Å². The number of nitrogens with zero attached hydrogens (tertiary/aromatic N) is 1. The number of amides is 1. The van der Waals surface area contributed by atoms with Gasteiger partial charge in [0.2, 0.25) is 0 Å². The number of fused-ring (bicyclic) bond motifs is 1. The van der Waals surface area contributed by atoms with Crippen LogP contribution in [-0.4, -0.2) is 29.7 Å². The van der Waals surface area contributed by atoms with E-state index in [1.807, 2.05) is 4.90 Å². The van der Waals surface area contributed by atoms with Gasteiger partial charge >= 0.3 is 0 Å². The number of hydrogen-bond donors (Lipinski definition) is 0. The van der Waals surface area contributed by atoms with E-state index in [0.29, 0.717) is 25.9 Å². The maximum atomic E-state index is 12.2. The van der Waals surface area contributed by atoms with Gasteiger partial charge in [0.05, 0.1) is 4.88 Å². The van der Waals surface area contributed by atoms with E-state index >= 15 is 0 Å². The Bertz CT molecular complexity index is 446. The third-order valence-electron chi connectivity index (χ3n) is 3.57. The molecule has 1 amide bonds. The van der Waals surface area contributed by atoms with Crippen LogP contribution in [0.25, 0.3) is 0 Å². The highest BCUT2D eigenvalue weighted by Crippen LogP contribution is 2.31. The average Bonchev–Trinajstić information content (AvgIpc) is 2.89. The molecule has 4 heteroatoms. The lowest BCUT2D eigenvalue weighted by Crippen LogP contribution is -2.38. The van der Waals surface area contributed by atoms with Crippen LogP contribution >= 0.6 is 11.3 Å². The number of ketones is 1. The maximum absolute atomic E-state index is 12.2. The van der Waals surface area contributed by atoms with Crippen molar-refractivity contribution in [3.8, 4) is 0 Å². The van der Waals surface area contributed by atoms with Crippen LogP contribution < -0.4 is 0 Å². The number of thiophene rings is 1. The first-order valence-electron chi connectivity index (χ1n) is 6.16. The Morgan fingerprint density at radius 3 is 2.65 bits per heavy atom. The van der Waals surface area contributed by atoms with Crippen LogP contribution in [0.2, 0.25) is 0 Å². The Balaban J connectivity index is 1.75. The molecule has 2 heterocycles. The number of likely N-dealkylation sites (tertiary alicyclic amines) is 1. The normalized spacial score (nSPS) is 19.5. The summed E-state index contributed by atoms with van der Waals surface area (Å²) in [6, 6.07) is 2.06. The number of hydrogen-bond acceptors (Lipinski definition) is 3. The van der Waals surface area contributed by atoms with E-state index in [1.165, 1.54) is 16.9 Å². The van der Waals surface area contributed by atoms with Crippen LogP contribution in [0.15, 0.2) is 6.07 Å². The van der Waals surface area contributed by atoms with Gasteiger partial charge in [0.1, 0.15) is 5.78 Å². The lowest BCUT2D eigenvalue weighted by atomic mass is 10.1.